The molecule has 0 aliphatic rings. The van der Waals surface area contributed by atoms with Crippen LogP contribution in [0.25, 0.3) is 0 Å². The Morgan fingerprint density at radius 2 is 1.11 bits per heavy atom. The van der Waals surface area contributed by atoms with Gasteiger partial charge in [-0.05, 0) is 51.4 Å². The highest BCUT2D eigenvalue weighted by Crippen LogP contribution is 2.16. The van der Waals surface area contributed by atoms with E-state index < -0.39 is 12.1 Å². The Hall–Kier alpha value is -1.58. The molecule has 0 aliphatic heterocycles. The molecule has 0 amide bonds. The Bertz CT molecular complexity index is 552. The zero-order chi connectivity index (χ0) is 26.5. The fraction of sp³-hybridized carbons (Fsp3) is 0.812. The number of hydrogen-bond acceptors (Lipinski definition) is 3. The summed E-state index contributed by atoms with van der Waals surface area (Å²) >= 11 is 0. The molecule has 0 rings (SSSR count). The van der Waals surface area contributed by atoms with Crippen LogP contribution in [-0.2, 0) is 14.3 Å². The van der Waals surface area contributed by atoms with E-state index in [0.717, 1.165) is 38.5 Å². The van der Waals surface area contributed by atoms with Crippen LogP contribution in [0.4, 0.5) is 0 Å². The summed E-state index contributed by atoms with van der Waals surface area (Å²) in [5, 5.41) is 9.13. The van der Waals surface area contributed by atoms with Gasteiger partial charge in [-0.25, -0.2) is 0 Å². The molecule has 4 nitrogen and oxygen atoms in total. The zero-order valence-electron chi connectivity index (χ0n) is 23.8. The van der Waals surface area contributed by atoms with Gasteiger partial charge in [-0.3, -0.25) is 9.59 Å². The van der Waals surface area contributed by atoms with E-state index in [1.54, 1.807) is 0 Å². The average molecular weight is 507 g/mol. The number of unbranched alkanes of at least 4 members (excludes halogenated alkanes) is 16. The fourth-order valence-corrected chi connectivity index (χ4v) is 4.41. The lowest BCUT2D eigenvalue weighted by Gasteiger charge is -2.16. The SMILES string of the molecule is CCCCC/C=C\C/C=C\CCCCCCCCCC(=O)OC(CCCCCCCCC)CC(=O)O. The molecular weight excluding hydrogens is 448 g/mol. The van der Waals surface area contributed by atoms with E-state index in [0.29, 0.717) is 12.8 Å². The van der Waals surface area contributed by atoms with Crippen LogP contribution < -0.4 is 0 Å². The molecule has 0 radical (unpaired) electrons. The van der Waals surface area contributed by atoms with Crippen molar-refractivity contribution in [3.8, 4) is 0 Å². The molecule has 0 aliphatic carbocycles. The van der Waals surface area contributed by atoms with Crippen LogP contribution in [0.3, 0.4) is 0 Å². The third-order valence-corrected chi connectivity index (χ3v) is 6.66. The van der Waals surface area contributed by atoms with E-state index in [4.69, 9.17) is 9.84 Å². The Kier molecular flexibility index (Phi) is 26.8. The highest BCUT2D eigenvalue weighted by Gasteiger charge is 2.17. The maximum atomic E-state index is 12.2. The second-order valence-corrected chi connectivity index (χ2v) is 10.3. The summed E-state index contributed by atoms with van der Waals surface area (Å²) in [5.74, 6) is -1.12. The van der Waals surface area contributed by atoms with E-state index in [1.807, 2.05) is 0 Å². The summed E-state index contributed by atoms with van der Waals surface area (Å²) in [6, 6.07) is 0. The number of esters is 1. The minimum atomic E-state index is -0.888. The van der Waals surface area contributed by atoms with E-state index >= 15 is 0 Å². The van der Waals surface area contributed by atoms with E-state index in [1.165, 1.54) is 89.9 Å². The molecule has 0 fully saturated rings. The minimum Gasteiger partial charge on any atom is -0.481 e. The van der Waals surface area contributed by atoms with Crippen molar-refractivity contribution in [2.24, 2.45) is 0 Å². The van der Waals surface area contributed by atoms with Crippen LogP contribution in [0, 0.1) is 0 Å². The standard InChI is InChI=1S/C32H58O4/c1-3-5-7-9-11-12-13-14-15-16-17-18-19-20-22-24-26-28-32(35)36-30(29-31(33)34)27-25-23-21-10-8-6-4-2/h11-12,14-15,30H,3-10,13,16-29H2,1-2H3,(H,33,34)/b12-11-,15-14-. The van der Waals surface area contributed by atoms with Gasteiger partial charge in [0.25, 0.3) is 0 Å². The number of carbonyl (C=O) groups is 2. The van der Waals surface area contributed by atoms with Crippen molar-refractivity contribution in [2.45, 2.75) is 168 Å². The molecule has 1 unspecified atom stereocenters. The molecule has 0 saturated heterocycles. The number of carboxylic acids is 1. The highest BCUT2D eigenvalue weighted by atomic mass is 16.5. The molecule has 0 spiro atoms. The molecule has 0 aromatic heterocycles. The lowest BCUT2D eigenvalue weighted by atomic mass is 10.0. The quantitative estimate of drug-likeness (QED) is 0.0683. The minimum absolute atomic E-state index is 0.0769. The number of ether oxygens (including phenoxy) is 1. The second-order valence-electron chi connectivity index (χ2n) is 10.3. The maximum absolute atomic E-state index is 12.2. The van der Waals surface area contributed by atoms with Crippen LogP contribution in [-0.4, -0.2) is 23.1 Å². The van der Waals surface area contributed by atoms with Gasteiger partial charge in [-0.15, -0.1) is 0 Å². The number of aliphatic carboxylic acids is 1. The lowest BCUT2D eigenvalue weighted by molar-refractivity contribution is -0.153. The molecule has 1 N–H and O–H groups in total. The average Bonchev–Trinajstić information content (AvgIpc) is 2.85. The summed E-state index contributed by atoms with van der Waals surface area (Å²) < 4.78 is 5.50. The maximum Gasteiger partial charge on any atom is 0.307 e. The predicted molar refractivity (Wildman–Crippen MR) is 153 cm³/mol. The summed E-state index contributed by atoms with van der Waals surface area (Å²) in [4.78, 5) is 23.3. The second kappa shape index (κ2) is 28.0. The molecule has 0 heterocycles. The molecule has 0 aromatic carbocycles. The molecule has 0 bridgehead atoms. The molecule has 1 atom stereocenters. The summed E-state index contributed by atoms with van der Waals surface area (Å²) in [5.41, 5.74) is 0. The Morgan fingerprint density at radius 1 is 0.639 bits per heavy atom. The molecular formula is C32H58O4. The summed E-state index contributed by atoms with van der Waals surface area (Å²) in [6.45, 7) is 4.45. The Balaban J connectivity index is 3.66. The Morgan fingerprint density at radius 3 is 1.69 bits per heavy atom. The number of allylic oxidation sites excluding steroid dienone is 4. The van der Waals surface area contributed by atoms with Crippen LogP contribution in [0.2, 0.25) is 0 Å². The molecule has 4 heteroatoms. The third-order valence-electron chi connectivity index (χ3n) is 6.66. The van der Waals surface area contributed by atoms with Gasteiger partial charge in [0.15, 0.2) is 0 Å². The zero-order valence-corrected chi connectivity index (χ0v) is 23.8. The van der Waals surface area contributed by atoms with Crippen molar-refractivity contribution < 1.29 is 19.4 Å². The van der Waals surface area contributed by atoms with E-state index in [2.05, 4.69) is 38.2 Å². The van der Waals surface area contributed by atoms with Crippen LogP contribution >= 0.6 is 0 Å². The van der Waals surface area contributed by atoms with Gasteiger partial charge in [0.1, 0.15) is 6.10 Å². The normalized spacial score (nSPS) is 12.5. The lowest BCUT2D eigenvalue weighted by Crippen LogP contribution is -2.21. The van der Waals surface area contributed by atoms with Crippen molar-refractivity contribution in [1.82, 2.24) is 0 Å². The van der Waals surface area contributed by atoms with Gasteiger partial charge in [-0.1, -0.05) is 122 Å². The number of carbonyl (C=O) groups excluding carboxylic acids is 1. The Labute approximate surface area is 223 Å². The molecule has 0 saturated carbocycles. The summed E-state index contributed by atoms with van der Waals surface area (Å²) in [7, 11) is 0. The van der Waals surface area contributed by atoms with Gasteiger partial charge in [0.05, 0.1) is 6.42 Å². The smallest absolute Gasteiger partial charge is 0.307 e. The van der Waals surface area contributed by atoms with Gasteiger partial charge < -0.3 is 9.84 Å². The molecule has 0 aromatic rings. The van der Waals surface area contributed by atoms with Crippen molar-refractivity contribution in [1.29, 1.82) is 0 Å². The first-order valence-electron chi connectivity index (χ1n) is 15.3. The highest BCUT2D eigenvalue weighted by molar-refractivity contribution is 5.71. The van der Waals surface area contributed by atoms with E-state index in [-0.39, 0.29) is 12.4 Å². The number of rotatable bonds is 27. The van der Waals surface area contributed by atoms with Gasteiger partial charge in [0.2, 0.25) is 0 Å². The summed E-state index contributed by atoms with van der Waals surface area (Å²) in [6.07, 6.45) is 33.4. The van der Waals surface area contributed by atoms with Crippen molar-refractivity contribution in [3.63, 3.8) is 0 Å². The number of hydrogen-bond donors (Lipinski definition) is 1. The first kappa shape index (κ1) is 34.4. The van der Waals surface area contributed by atoms with Crippen LogP contribution in [0.5, 0.6) is 0 Å². The van der Waals surface area contributed by atoms with Gasteiger partial charge >= 0.3 is 11.9 Å². The largest absolute Gasteiger partial charge is 0.481 e. The van der Waals surface area contributed by atoms with Gasteiger partial charge in [0, 0.05) is 6.42 Å². The van der Waals surface area contributed by atoms with E-state index in [9.17, 15) is 9.59 Å². The molecule has 36 heavy (non-hydrogen) atoms. The molecule has 210 valence electrons. The topological polar surface area (TPSA) is 63.6 Å². The first-order valence-corrected chi connectivity index (χ1v) is 15.3. The predicted octanol–water partition coefficient (Wildman–Crippen LogP) is 10.1. The van der Waals surface area contributed by atoms with Crippen molar-refractivity contribution >= 4 is 11.9 Å². The monoisotopic (exact) mass is 506 g/mol. The first-order chi connectivity index (χ1) is 17.6. The third kappa shape index (κ3) is 27.0. The van der Waals surface area contributed by atoms with Gasteiger partial charge in [-0.2, -0.15) is 0 Å². The number of carboxylic acid groups (broad SMARTS) is 1. The van der Waals surface area contributed by atoms with Crippen LogP contribution in [0.15, 0.2) is 24.3 Å². The van der Waals surface area contributed by atoms with Crippen LogP contribution in [0.1, 0.15) is 162 Å². The van der Waals surface area contributed by atoms with Crippen molar-refractivity contribution in [3.05, 3.63) is 24.3 Å². The van der Waals surface area contributed by atoms with Crippen molar-refractivity contribution in [2.75, 3.05) is 0 Å². The fourth-order valence-electron chi connectivity index (χ4n) is 4.41.